The minimum absolute atomic E-state index is 0.00628. The molecule has 0 aliphatic carbocycles. The molecule has 0 radical (unpaired) electrons. The number of β-lactam (4-membered cyclic amide) rings is 1. The van der Waals surface area contributed by atoms with Crippen molar-refractivity contribution in [2.45, 2.75) is 31.8 Å². The van der Waals surface area contributed by atoms with Crippen LogP contribution in [-0.2, 0) is 4.79 Å². The molecule has 2 atom stereocenters. The van der Waals surface area contributed by atoms with Gasteiger partial charge in [-0.3, -0.25) is 4.79 Å². The van der Waals surface area contributed by atoms with E-state index in [2.05, 4.69) is 0 Å². The largest absolute Gasteiger partial charge is 0.396 e. The fraction of sp³-hybridized carbons (Fsp3) is 0.875. The van der Waals surface area contributed by atoms with Crippen LogP contribution in [0.1, 0.15) is 19.8 Å². The SMILES string of the molecule is CC(CO)N1C(=O)CC1CCO. The molecule has 70 valence electrons. The number of nitrogens with zero attached hydrogens (tertiary/aromatic N) is 1. The summed E-state index contributed by atoms with van der Waals surface area (Å²) in [6.07, 6.45) is 1.14. The Morgan fingerprint density at radius 3 is 2.75 bits per heavy atom. The fourth-order valence-electron chi connectivity index (χ4n) is 1.58. The number of amides is 1. The van der Waals surface area contributed by atoms with Gasteiger partial charge in [-0.25, -0.2) is 0 Å². The Labute approximate surface area is 71.8 Å². The third-order valence-electron chi connectivity index (χ3n) is 2.29. The van der Waals surface area contributed by atoms with Crippen molar-refractivity contribution < 1.29 is 15.0 Å². The van der Waals surface area contributed by atoms with Gasteiger partial charge in [-0.2, -0.15) is 0 Å². The molecule has 2 N–H and O–H groups in total. The van der Waals surface area contributed by atoms with Crippen molar-refractivity contribution in [1.82, 2.24) is 4.90 Å². The van der Waals surface area contributed by atoms with Gasteiger partial charge in [0.2, 0.25) is 5.91 Å². The summed E-state index contributed by atoms with van der Waals surface area (Å²) in [5.41, 5.74) is 0. The van der Waals surface area contributed by atoms with Crippen LogP contribution >= 0.6 is 0 Å². The first kappa shape index (κ1) is 9.48. The summed E-state index contributed by atoms with van der Waals surface area (Å²) in [6, 6.07) is 0.0347. The zero-order chi connectivity index (χ0) is 9.14. The summed E-state index contributed by atoms with van der Waals surface area (Å²) in [4.78, 5) is 12.7. The topological polar surface area (TPSA) is 60.8 Å². The average Bonchev–Trinajstić information content (AvgIpc) is 2.03. The Morgan fingerprint density at radius 2 is 2.33 bits per heavy atom. The second-order valence-corrected chi connectivity index (χ2v) is 3.20. The second-order valence-electron chi connectivity index (χ2n) is 3.20. The lowest BCUT2D eigenvalue weighted by Gasteiger charge is -2.43. The summed E-state index contributed by atoms with van der Waals surface area (Å²) >= 11 is 0. The lowest BCUT2D eigenvalue weighted by molar-refractivity contribution is -0.151. The van der Waals surface area contributed by atoms with Crippen molar-refractivity contribution in [2.24, 2.45) is 0 Å². The van der Waals surface area contributed by atoms with Crippen LogP contribution in [-0.4, -0.2) is 46.3 Å². The van der Waals surface area contributed by atoms with Gasteiger partial charge < -0.3 is 15.1 Å². The van der Waals surface area contributed by atoms with Gasteiger partial charge in [-0.15, -0.1) is 0 Å². The fourth-order valence-corrected chi connectivity index (χ4v) is 1.58. The van der Waals surface area contributed by atoms with Crippen LogP contribution in [0.25, 0.3) is 0 Å². The number of likely N-dealkylation sites (tertiary alicyclic amines) is 1. The molecular formula is C8H15NO3. The lowest BCUT2D eigenvalue weighted by atomic mass is 9.96. The van der Waals surface area contributed by atoms with Gasteiger partial charge in [0.15, 0.2) is 0 Å². The maximum atomic E-state index is 11.0. The standard InChI is InChI=1S/C8H15NO3/c1-6(5-11)9-7(2-3-10)4-8(9)12/h6-7,10-11H,2-5H2,1H3. The van der Waals surface area contributed by atoms with Crippen LogP contribution in [0.4, 0.5) is 0 Å². The van der Waals surface area contributed by atoms with Crippen LogP contribution in [0.5, 0.6) is 0 Å². The van der Waals surface area contributed by atoms with E-state index < -0.39 is 0 Å². The number of hydrogen-bond acceptors (Lipinski definition) is 3. The van der Waals surface area contributed by atoms with Crippen molar-refractivity contribution in [1.29, 1.82) is 0 Å². The van der Waals surface area contributed by atoms with Crippen LogP contribution in [0.2, 0.25) is 0 Å². The summed E-state index contributed by atoms with van der Waals surface area (Å²) in [5, 5.41) is 17.5. The smallest absolute Gasteiger partial charge is 0.225 e. The molecule has 0 aromatic heterocycles. The second kappa shape index (κ2) is 3.87. The third-order valence-corrected chi connectivity index (χ3v) is 2.29. The van der Waals surface area contributed by atoms with Gasteiger partial charge in [-0.1, -0.05) is 0 Å². The molecule has 1 amide bonds. The molecule has 0 aromatic rings. The molecule has 1 aliphatic heterocycles. The zero-order valence-corrected chi connectivity index (χ0v) is 7.23. The van der Waals surface area contributed by atoms with Crippen LogP contribution < -0.4 is 0 Å². The van der Waals surface area contributed by atoms with E-state index in [1.807, 2.05) is 0 Å². The van der Waals surface area contributed by atoms with E-state index in [1.165, 1.54) is 0 Å². The minimum atomic E-state index is -0.109. The lowest BCUT2D eigenvalue weighted by Crippen LogP contribution is -2.57. The maximum Gasteiger partial charge on any atom is 0.225 e. The molecule has 0 bridgehead atoms. The van der Waals surface area contributed by atoms with Crippen molar-refractivity contribution in [2.75, 3.05) is 13.2 Å². The highest BCUT2D eigenvalue weighted by Crippen LogP contribution is 2.24. The summed E-state index contributed by atoms with van der Waals surface area (Å²) in [6.45, 7) is 1.90. The molecular weight excluding hydrogens is 158 g/mol. The Hall–Kier alpha value is -0.610. The van der Waals surface area contributed by atoms with Crippen LogP contribution in [0, 0.1) is 0 Å². The number of hydrogen-bond donors (Lipinski definition) is 2. The normalized spacial score (nSPS) is 25.4. The zero-order valence-electron chi connectivity index (χ0n) is 7.23. The average molecular weight is 173 g/mol. The number of aliphatic hydroxyl groups excluding tert-OH is 2. The Morgan fingerprint density at radius 1 is 1.67 bits per heavy atom. The third kappa shape index (κ3) is 1.59. The number of carbonyl (C=O) groups is 1. The predicted molar refractivity (Wildman–Crippen MR) is 43.5 cm³/mol. The van der Waals surface area contributed by atoms with Gasteiger partial charge >= 0.3 is 0 Å². The Bertz CT molecular complexity index is 172. The van der Waals surface area contributed by atoms with Gasteiger partial charge in [0.1, 0.15) is 0 Å². The van der Waals surface area contributed by atoms with Crippen molar-refractivity contribution in [3.8, 4) is 0 Å². The Balaban J connectivity index is 2.43. The molecule has 2 unspecified atom stereocenters. The van der Waals surface area contributed by atoms with Gasteiger partial charge in [0.25, 0.3) is 0 Å². The summed E-state index contributed by atoms with van der Waals surface area (Å²) < 4.78 is 0. The van der Waals surface area contributed by atoms with Gasteiger partial charge in [0.05, 0.1) is 12.6 Å². The van der Waals surface area contributed by atoms with E-state index in [0.717, 1.165) is 0 Å². The molecule has 4 heteroatoms. The minimum Gasteiger partial charge on any atom is -0.396 e. The van der Waals surface area contributed by atoms with E-state index in [9.17, 15) is 4.79 Å². The van der Waals surface area contributed by atoms with E-state index in [4.69, 9.17) is 10.2 Å². The van der Waals surface area contributed by atoms with E-state index in [-0.39, 0.29) is 31.2 Å². The van der Waals surface area contributed by atoms with Gasteiger partial charge in [-0.05, 0) is 13.3 Å². The molecule has 1 fully saturated rings. The molecule has 0 spiro atoms. The van der Waals surface area contributed by atoms with Crippen molar-refractivity contribution in [3.63, 3.8) is 0 Å². The highest BCUT2D eigenvalue weighted by molar-refractivity contribution is 5.83. The number of aliphatic hydroxyl groups is 2. The monoisotopic (exact) mass is 173 g/mol. The van der Waals surface area contributed by atoms with E-state index in [1.54, 1.807) is 11.8 Å². The summed E-state index contributed by atoms with van der Waals surface area (Å²) in [7, 11) is 0. The van der Waals surface area contributed by atoms with Crippen LogP contribution in [0.3, 0.4) is 0 Å². The predicted octanol–water partition coefficient (Wildman–Crippen LogP) is -0.649. The maximum absolute atomic E-state index is 11.0. The summed E-state index contributed by atoms with van der Waals surface area (Å²) in [5.74, 6) is 0.0787. The van der Waals surface area contributed by atoms with Crippen molar-refractivity contribution >= 4 is 5.91 Å². The quantitative estimate of drug-likeness (QED) is 0.555. The van der Waals surface area contributed by atoms with E-state index >= 15 is 0 Å². The molecule has 1 heterocycles. The van der Waals surface area contributed by atoms with Crippen LogP contribution in [0.15, 0.2) is 0 Å². The molecule has 12 heavy (non-hydrogen) atoms. The molecule has 1 saturated heterocycles. The molecule has 1 aliphatic rings. The highest BCUT2D eigenvalue weighted by Gasteiger charge is 2.37. The highest BCUT2D eigenvalue weighted by atomic mass is 16.3. The van der Waals surface area contributed by atoms with Crippen molar-refractivity contribution in [3.05, 3.63) is 0 Å². The van der Waals surface area contributed by atoms with Gasteiger partial charge in [0, 0.05) is 19.1 Å². The first-order chi connectivity index (χ1) is 5.70. The number of rotatable bonds is 4. The molecule has 0 saturated carbocycles. The Kier molecular flexibility index (Phi) is 3.05. The molecule has 4 nitrogen and oxygen atoms in total. The molecule has 0 aromatic carbocycles. The number of carbonyl (C=O) groups excluding carboxylic acids is 1. The van der Waals surface area contributed by atoms with E-state index in [0.29, 0.717) is 12.8 Å². The first-order valence-corrected chi connectivity index (χ1v) is 4.23. The molecule has 1 rings (SSSR count). The first-order valence-electron chi connectivity index (χ1n) is 4.23.